The fourth-order valence-electron chi connectivity index (χ4n) is 4.48. The highest BCUT2D eigenvalue weighted by Gasteiger charge is 2.43. The van der Waals surface area contributed by atoms with Crippen molar-refractivity contribution in [1.29, 1.82) is 0 Å². The van der Waals surface area contributed by atoms with Gasteiger partial charge < -0.3 is 4.43 Å². The Balaban J connectivity index is 1.87. The van der Waals surface area contributed by atoms with Gasteiger partial charge in [-0.3, -0.25) is 4.90 Å². The Kier molecular flexibility index (Phi) is 6.56. The largest absolute Gasteiger partial charge is 0.417 e. The molecule has 0 aliphatic carbocycles. The van der Waals surface area contributed by atoms with E-state index in [9.17, 15) is 0 Å². The van der Waals surface area contributed by atoms with Gasteiger partial charge in [0, 0.05) is 31.5 Å². The molecule has 2 aromatic carbocycles. The van der Waals surface area contributed by atoms with Crippen LogP contribution in [0, 0.1) is 11.3 Å². The summed E-state index contributed by atoms with van der Waals surface area (Å²) < 4.78 is 6.66. The molecular formula is C24H35NOSi. The van der Waals surface area contributed by atoms with Gasteiger partial charge in [-0.2, -0.15) is 0 Å². The molecule has 0 spiro atoms. The fraction of sp³-hybridized carbons (Fsp3) is 0.500. The van der Waals surface area contributed by atoms with Crippen molar-refractivity contribution < 1.29 is 4.43 Å². The summed E-state index contributed by atoms with van der Waals surface area (Å²) in [7, 11) is -1.11. The molecule has 1 fully saturated rings. The Bertz CT molecular complexity index is 695. The first kappa shape index (κ1) is 20.3. The molecule has 2 aromatic rings. The molecule has 0 radical (unpaired) electrons. The van der Waals surface area contributed by atoms with Gasteiger partial charge in [0.1, 0.15) is 0 Å². The third-order valence-corrected chi connectivity index (χ3v) is 6.42. The van der Waals surface area contributed by atoms with Crippen LogP contribution >= 0.6 is 0 Å². The minimum Gasteiger partial charge on any atom is -0.417 e. The molecule has 1 aliphatic heterocycles. The maximum atomic E-state index is 6.66. The molecule has 3 atom stereocenters. The summed E-state index contributed by atoms with van der Waals surface area (Å²) in [6.45, 7) is 14.9. The quantitative estimate of drug-likeness (QED) is 0.628. The third-order valence-electron chi connectivity index (χ3n) is 5.58. The lowest BCUT2D eigenvalue weighted by atomic mass is 9.75. The standard InChI is InChI=1S/C24H35NOSi/c1-24(2,3)23(26-27(4)5)22-18-25(16-19-12-8-6-9-13-19)17-21(22)20-14-10-7-11-15-20/h6-15,21-23,27H,16-18H2,1-5H3/t21-,22+,23?/m1/s1. The van der Waals surface area contributed by atoms with Crippen molar-refractivity contribution in [3.8, 4) is 0 Å². The maximum absolute atomic E-state index is 6.66. The predicted octanol–water partition coefficient (Wildman–Crippen LogP) is 5.32. The molecule has 0 N–H and O–H groups in total. The molecule has 1 unspecified atom stereocenters. The van der Waals surface area contributed by atoms with E-state index in [1.54, 1.807) is 0 Å². The Morgan fingerprint density at radius 3 is 2.11 bits per heavy atom. The van der Waals surface area contributed by atoms with Crippen molar-refractivity contribution in [3.05, 3.63) is 71.8 Å². The van der Waals surface area contributed by atoms with E-state index in [1.807, 2.05) is 0 Å². The first-order chi connectivity index (χ1) is 12.8. The van der Waals surface area contributed by atoms with Crippen LogP contribution in [0.15, 0.2) is 60.7 Å². The number of likely N-dealkylation sites (tertiary alicyclic amines) is 1. The Morgan fingerprint density at radius 2 is 1.56 bits per heavy atom. The summed E-state index contributed by atoms with van der Waals surface area (Å²) >= 11 is 0. The van der Waals surface area contributed by atoms with Crippen LogP contribution in [-0.2, 0) is 11.0 Å². The Hall–Kier alpha value is -1.42. The minimum atomic E-state index is -1.11. The number of benzene rings is 2. The average molecular weight is 382 g/mol. The van der Waals surface area contributed by atoms with Crippen LogP contribution in [0.25, 0.3) is 0 Å². The van der Waals surface area contributed by atoms with E-state index in [2.05, 4.69) is 99.4 Å². The topological polar surface area (TPSA) is 12.5 Å². The van der Waals surface area contributed by atoms with Gasteiger partial charge in [0.25, 0.3) is 0 Å². The van der Waals surface area contributed by atoms with E-state index in [0.29, 0.717) is 17.9 Å². The normalized spacial score (nSPS) is 22.3. The molecule has 2 nitrogen and oxygen atoms in total. The summed E-state index contributed by atoms with van der Waals surface area (Å²) in [4.78, 5) is 2.63. The second-order valence-electron chi connectivity index (χ2n) is 9.33. The fourth-order valence-corrected chi connectivity index (χ4v) is 5.68. The molecule has 0 saturated carbocycles. The summed E-state index contributed by atoms with van der Waals surface area (Å²) in [5, 5.41) is 0. The monoisotopic (exact) mass is 381 g/mol. The van der Waals surface area contributed by atoms with Gasteiger partial charge in [0.2, 0.25) is 0 Å². The zero-order chi connectivity index (χ0) is 19.4. The highest BCUT2D eigenvalue weighted by molar-refractivity contribution is 6.48. The molecule has 0 bridgehead atoms. The van der Waals surface area contributed by atoms with Gasteiger partial charge in [-0.1, -0.05) is 81.4 Å². The SMILES string of the molecule is C[SiH](C)OC([C@H]1CN(Cc2ccccc2)C[C@@H]1c1ccccc1)C(C)(C)C. The van der Waals surface area contributed by atoms with E-state index >= 15 is 0 Å². The van der Waals surface area contributed by atoms with Crippen molar-refractivity contribution in [3.63, 3.8) is 0 Å². The van der Waals surface area contributed by atoms with Crippen molar-refractivity contribution in [2.24, 2.45) is 11.3 Å². The van der Waals surface area contributed by atoms with E-state index in [-0.39, 0.29) is 5.41 Å². The van der Waals surface area contributed by atoms with Crippen LogP contribution in [0.2, 0.25) is 13.1 Å². The van der Waals surface area contributed by atoms with Gasteiger partial charge in [-0.25, -0.2) is 0 Å². The van der Waals surface area contributed by atoms with Crippen molar-refractivity contribution >= 4 is 9.04 Å². The van der Waals surface area contributed by atoms with Crippen LogP contribution in [0.4, 0.5) is 0 Å². The van der Waals surface area contributed by atoms with E-state index in [0.717, 1.165) is 19.6 Å². The van der Waals surface area contributed by atoms with Crippen molar-refractivity contribution in [2.75, 3.05) is 13.1 Å². The zero-order valence-electron chi connectivity index (χ0n) is 17.6. The molecule has 1 saturated heterocycles. The van der Waals surface area contributed by atoms with Crippen molar-refractivity contribution in [1.82, 2.24) is 4.90 Å². The molecule has 0 aromatic heterocycles. The second kappa shape index (κ2) is 8.72. The van der Waals surface area contributed by atoms with Gasteiger partial charge in [-0.05, 0) is 29.6 Å². The third kappa shape index (κ3) is 5.31. The van der Waals surface area contributed by atoms with E-state index < -0.39 is 9.04 Å². The van der Waals surface area contributed by atoms with Crippen LogP contribution < -0.4 is 0 Å². The molecule has 3 rings (SSSR count). The molecule has 3 heteroatoms. The minimum absolute atomic E-state index is 0.151. The maximum Gasteiger partial charge on any atom is 0.171 e. The molecular weight excluding hydrogens is 346 g/mol. The average Bonchev–Trinajstić information content (AvgIpc) is 3.03. The highest BCUT2D eigenvalue weighted by Crippen LogP contribution is 2.42. The van der Waals surface area contributed by atoms with Crippen LogP contribution in [0.5, 0.6) is 0 Å². The first-order valence-electron chi connectivity index (χ1n) is 10.3. The first-order valence-corrected chi connectivity index (χ1v) is 13.1. The van der Waals surface area contributed by atoms with E-state index in [4.69, 9.17) is 4.43 Å². The zero-order valence-corrected chi connectivity index (χ0v) is 18.7. The lowest BCUT2D eigenvalue weighted by Gasteiger charge is -2.39. The molecule has 1 heterocycles. The molecule has 27 heavy (non-hydrogen) atoms. The van der Waals surface area contributed by atoms with Crippen molar-refractivity contribution in [2.45, 2.75) is 52.4 Å². The van der Waals surface area contributed by atoms with Crippen LogP contribution in [0.1, 0.15) is 37.8 Å². The lowest BCUT2D eigenvalue weighted by molar-refractivity contribution is 0.0303. The van der Waals surface area contributed by atoms with E-state index in [1.165, 1.54) is 11.1 Å². The van der Waals surface area contributed by atoms with Crippen LogP contribution in [0.3, 0.4) is 0 Å². The molecule has 0 amide bonds. The van der Waals surface area contributed by atoms with Gasteiger partial charge in [0.05, 0.1) is 6.10 Å². The van der Waals surface area contributed by atoms with Gasteiger partial charge in [0.15, 0.2) is 9.04 Å². The highest BCUT2D eigenvalue weighted by atomic mass is 28.3. The number of hydrogen-bond donors (Lipinski definition) is 0. The Morgan fingerprint density at radius 1 is 0.963 bits per heavy atom. The number of hydrogen-bond acceptors (Lipinski definition) is 2. The molecule has 146 valence electrons. The predicted molar refractivity (Wildman–Crippen MR) is 118 cm³/mol. The summed E-state index contributed by atoms with van der Waals surface area (Å²) in [6.07, 6.45) is 0.301. The summed E-state index contributed by atoms with van der Waals surface area (Å²) in [5.74, 6) is 1.07. The summed E-state index contributed by atoms with van der Waals surface area (Å²) in [5.41, 5.74) is 3.01. The second-order valence-corrected chi connectivity index (χ2v) is 11.7. The number of rotatable bonds is 6. The lowest BCUT2D eigenvalue weighted by Crippen LogP contribution is -2.42. The number of nitrogens with zero attached hydrogens (tertiary/aromatic N) is 1. The smallest absolute Gasteiger partial charge is 0.171 e. The Labute approximate surface area is 167 Å². The summed E-state index contributed by atoms with van der Waals surface area (Å²) in [6, 6.07) is 21.9. The van der Waals surface area contributed by atoms with Gasteiger partial charge in [-0.15, -0.1) is 0 Å². The van der Waals surface area contributed by atoms with Crippen LogP contribution in [-0.4, -0.2) is 33.1 Å². The molecule has 1 aliphatic rings. The van der Waals surface area contributed by atoms with Gasteiger partial charge >= 0.3 is 0 Å².